The molecule has 0 saturated heterocycles. The third-order valence-electron chi connectivity index (χ3n) is 2.77. The van der Waals surface area contributed by atoms with Crippen LogP contribution in [0.4, 0.5) is 4.39 Å². The summed E-state index contributed by atoms with van der Waals surface area (Å²) in [5, 5.41) is 16.5. The maximum atomic E-state index is 12.1. The Morgan fingerprint density at radius 2 is 2.26 bits per heavy atom. The lowest BCUT2D eigenvalue weighted by molar-refractivity contribution is -0.142. The Hall–Kier alpha value is -1.83. The van der Waals surface area contributed by atoms with E-state index in [2.05, 4.69) is 10.3 Å². The minimum atomic E-state index is -1.04. The van der Waals surface area contributed by atoms with E-state index in [-0.39, 0.29) is 25.2 Å². The van der Waals surface area contributed by atoms with Crippen LogP contribution < -0.4 is 5.73 Å². The number of carboxylic acids is 1. The van der Waals surface area contributed by atoms with Crippen molar-refractivity contribution in [2.24, 2.45) is 11.7 Å². The number of aryl methyl sites for hydroxylation is 1. The van der Waals surface area contributed by atoms with Crippen molar-refractivity contribution in [3.8, 4) is 0 Å². The molecule has 0 fully saturated rings. The van der Waals surface area contributed by atoms with Gasteiger partial charge in [0.25, 0.3) is 0 Å². The highest BCUT2D eigenvalue weighted by atomic mass is 18.2. The minimum absolute atomic E-state index is 0.0423. The molecule has 0 unspecified atom stereocenters. The number of nitrogens with two attached hydrogens (primary N) is 1. The Bertz CT molecular complexity index is 449. The second kappa shape index (κ2) is 6.93. The van der Waals surface area contributed by atoms with Crippen LogP contribution in [0.15, 0.2) is 6.20 Å². The maximum absolute atomic E-state index is 12.1. The summed E-state index contributed by atoms with van der Waals surface area (Å²) in [5.41, 5.74) is 6.00. The van der Waals surface area contributed by atoms with E-state index in [1.807, 2.05) is 0 Å². The Morgan fingerprint density at radius 1 is 1.58 bits per heavy atom. The first-order valence-corrected chi connectivity index (χ1v) is 5.87. The van der Waals surface area contributed by atoms with E-state index >= 15 is 0 Å². The second-order valence-corrected chi connectivity index (χ2v) is 4.35. The average molecular weight is 271 g/mol. The second-order valence-electron chi connectivity index (χ2n) is 4.35. The largest absolute Gasteiger partial charge is 0.481 e. The number of hydrogen-bond donors (Lipinski definition) is 2. The molecule has 0 aliphatic rings. The summed E-state index contributed by atoms with van der Waals surface area (Å²) in [7, 11) is 0. The van der Waals surface area contributed by atoms with Crippen molar-refractivity contribution in [2.75, 3.05) is 6.67 Å². The number of hydrogen-bond acceptors (Lipinski definition) is 5. The zero-order valence-electron chi connectivity index (χ0n) is 10.6. The lowest BCUT2D eigenvalue weighted by Gasteiger charge is -2.14. The fraction of sp³-hybridized carbons (Fsp3) is 0.636. The molecule has 1 aromatic heterocycles. The van der Waals surface area contributed by atoms with Crippen molar-refractivity contribution < 1.29 is 19.1 Å². The number of ketones is 1. The van der Waals surface area contributed by atoms with Crippen LogP contribution in [0.25, 0.3) is 0 Å². The third-order valence-corrected chi connectivity index (χ3v) is 2.77. The topological polar surface area (TPSA) is 111 Å². The number of aromatic nitrogens is 3. The number of carbonyl (C=O) groups is 2. The first-order valence-electron chi connectivity index (χ1n) is 5.87. The molecule has 1 aromatic rings. The van der Waals surface area contributed by atoms with Gasteiger partial charge in [0.05, 0.1) is 24.2 Å². The SMILES string of the molecule is CC(=O)[C@@H](N)C[C@H](Cc1cn(CC[18F])nn1)C(=O)O. The zero-order valence-corrected chi connectivity index (χ0v) is 10.6. The van der Waals surface area contributed by atoms with Crippen molar-refractivity contribution in [1.82, 2.24) is 15.0 Å². The van der Waals surface area contributed by atoms with E-state index in [1.54, 1.807) is 0 Å². The average Bonchev–Trinajstić information content (AvgIpc) is 2.76. The predicted molar refractivity (Wildman–Crippen MR) is 64.1 cm³/mol. The van der Waals surface area contributed by atoms with E-state index in [1.165, 1.54) is 17.8 Å². The number of Topliss-reactive ketones (excluding diaryl/α,β-unsaturated/α-hetero) is 1. The molecule has 1 heterocycles. The van der Waals surface area contributed by atoms with E-state index < -0.39 is 24.6 Å². The summed E-state index contributed by atoms with van der Waals surface area (Å²) in [5.74, 6) is -2.11. The Labute approximate surface area is 109 Å². The monoisotopic (exact) mass is 271 g/mol. The fourth-order valence-electron chi connectivity index (χ4n) is 1.62. The van der Waals surface area contributed by atoms with Gasteiger partial charge in [-0.2, -0.15) is 0 Å². The van der Waals surface area contributed by atoms with Gasteiger partial charge in [0.2, 0.25) is 0 Å². The molecule has 8 heteroatoms. The molecule has 7 nitrogen and oxygen atoms in total. The van der Waals surface area contributed by atoms with E-state index in [0.29, 0.717) is 5.69 Å². The molecule has 106 valence electrons. The molecule has 3 N–H and O–H groups in total. The third kappa shape index (κ3) is 4.74. The molecular weight excluding hydrogens is 254 g/mol. The Balaban J connectivity index is 2.67. The molecule has 0 spiro atoms. The van der Waals surface area contributed by atoms with Crippen molar-refractivity contribution in [2.45, 2.75) is 32.4 Å². The van der Waals surface area contributed by atoms with Crippen LogP contribution in [0, 0.1) is 5.92 Å². The molecule has 0 amide bonds. The standard InChI is InChI=1S/C11H17FN4O3/c1-7(17)10(13)5-8(11(18)19)4-9-6-16(3-2-12)15-14-9/h6,8,10H,2-5,13H2,1H3,(H,18,19)/t8-,10-/m0/s1/i12-1. The molecule has 0 radical (unpaired) electrons. The van der Waals surface area contributed by atoms with Gasteiger partial charge in [-0.05, 0) is 13.3 Å². The maximum Gasteiger partial charge on any atom is 0.306 e. The van der Waals surface area contributed by atoms with Gasteiger partial charge in [0, 0.05) is 12.6 Å². The highest BCUT2D eigenvalue weighted by Crippen LogP contribution is 2.13. The van der Waals surface area contributed by atoms with Gasteiger partial charge in [-0.25, -0.2) is 9.07 Å². The minimum Gasteiger partial charge on any atom is -0.481 e. The van der Waals surface area contributed by atoms with Gasteiger partial charge in [0.15, 0.2) is 0 Å². The molecule has 0 aliphatic carbocycles. The van der Waals surface area contributed by atoms with Crippen LogP contribution in [0.2, 0.25) is 0 Å². The number of alkyl halides is 1. The number of carboxylic acid groups (broad SMARTS) is 1. The number of aliphatic carboxylic acids is 1. The van der Waals surface area contributed by atoms with Crippen LogP contribution in [-0.4, -0.2) is 44.6 Å². The molecule has 2 atom stereocenters. The van der Waals surface area contributed by atoms with Crippen LogP contribution in [-0.2, 0) is 22.6 Å². The van der Waals surface area contributed by atoms with E-state index in [4.69, 9.17) is 10.8 Å². The number of halogens is 1. The van der Waals surface area contributed by atoms with Crippen molar-refractivity contribution in [3.05, 3.63) is 11.9 Å². The van der Waals surface area contributed by atoms with Crippen LogP contribution in [0.1, 0.15) is 19.0 Å². The van der Waals surface area contributed by atoms with Gasteiger partial charge >= 0.3 is 5.97 Å². The summed E-state index contributed by atoms with van der Waals surface area (Å²) in [6.07, 6.45) is 1.65. The normalized spacial score (nSPS) is 14.1. The quantitative estimate of drug-likeness (QED) is 0.677. The summed E-state index contributed by atoms with van der Waals surface area (Å²) in [6, 6.07) is -0.804. The highest BCUT2D eigenvalue weighted by Gasteiger charge is 2.24. The summed E-state index contributed by atoms with van der Waals surface area (Å²) < 4.78 is 13.4. The van der Waals surface area contributed by atoms with Gasteiger partial charge in [-0.3, -0.25) is 9.59 Å². The van der Waals surface area contributed by atoms with Crippen LogP contribution >= 0.6 is 0 Å². The van der Waals surface area contributed by atoms with Crippen molar-refractivity contribution in [1.29, 1.82) is 0 Å². The Morgan fingerprint density at radius 3 is 2.79 bits per heavy atom. The smallest absolute Gasteiger partial charge is 0.306 e. The highest BCUT2D eigenvalue weighted by molar-refractivity contribution is 5.82. The molecule has 0 aromatic carbocycles. The van der Waals surface area contributed by atoms with Gasteiger partial charge in [0.1, 0.15) is 12.5 Å². The van der Waals surface area contributed by atoms with Gasteiger partial charge in [-0.15, -0.1) is 5.10 Å². The Kier molecular flexibility index (Phi) is 5.56. The summed E-state index contributed by atoms with van der Waals surface area (Å²) in [4.78, 5) is 22.2. The molecule has 0 bridgehead atoms. The lowest BCUT2D eigenvalue weighted by atomic mass is 9.94. The van der Waals surface area contributed by atoms with Crippen molar-refractivity contribution in [3.63, 3.8) is 0 Å². The molecule has 1 rings (SSSR count). The molecule has 19 heavy (non-hydrogen) atoms. The first-order chi connectivity index (χ1) is 8.93. The fourth-order valence-corrected chi connectivity index (χ4v) is 1.62. The van der Waals surface area contributed by atoms with Crippen molar-refractivity contribution >= 4 is 11.8 Å². The number of nitrogens with zero attached hydrogens (tertiary/aromatic N) is 3. The number of carbonyl (C=O) groups excluding carboxylic acids is 1. The number of rotatable bonds is 8. The molecule has 0 saturated carbocycles. The van der Waals surface area contributed by atoms with Gasteiger partial charge < -0.3 is 10.8 Å². The van der Waals surface area contributed by atoms with E-state index in [0.717, 1.165) is 0 Å². The first kappa shape index (κ1) is 15.2. The van der Waals surface area contributed by atoms with Crippen LogP contribution in [0.5, 0.6) is 0 Å². The molecular formula is C11H17FN4O3. The molecule has 0 aliphatic heterocycles. The zero-order chi connectivity index (χ0) is 14.4. The van der Waals surface area contributed by atoms with Gasteiger partial charge in [-0.1, -0.05) is 5.21 Å². The predicted octanol–water partition coefficient (Wildman–Crippen LogP) is -0.203. The summed E-state index contributed by atoms with van der Waals surface area (Å²) >= 11 is 0. The lowest BCUT2D eigenvalue weighted by Crippen LogP contribution is -2.34. The van der Waals surface area contributed by atoms with Crippen LogP contribution in [0.3, 0.4) is 0 Å². The summed E-state index contributed by atoms with van der Waals surface area (Å²) in [6.45, 7) is 0.833. The van der Waals surface area contributed by atoms with E-state index in [9.17, 15) is 14.0 Å².